The van der Waals surface area contributed by atoms with Crippen molar-refractivity contribution in [3.63, 3.8) is 0 Å². The molecule has 1 amide bonds. The smallest absolute Gasteiger partial charge is 0.255 e. The minimum atomic E-state index is -0.184. The molecule has 5 nitrogen and oxygen atoms in total. The second-order valence-corrected chi connectivity index (χ2v) is 5.31. The number of carbonyl (C=O) groups is 1. The Morgan fingerprint density at radius 1 is 1.53 bits per heavy atom. The lowest BCUT2D eigenvalue weighted by Gasteiger charge is -2.38. The summed E-state index contributed by atoms with van der Waals surface area (Å²) in [5, 5.41) is 0. The Kier molecular flexibility index (Phi) is 4.04. The summed E-state index contributed by atoms with van der Waals surface area (Å²) in [4.78, 5) is 28.2. The number of hydrogen-bond donors (Lipinski definition) is 2. The molecule has 3 N–H and O–H groups in total. The van der Waals surface area contributed by atoms with E-state index in [1.54, 1.807) is 6.92 Å². The van der Waals surface area contributed by atoms with Gasteiger partial charge >= 0.3 is 0 Å². The summed E-state index contributed by atoms with van der Waals surface area (Å²) in [5.74, 6) is -0.0317. The highest BCUT2D eigenvalue weighted by molar-refractivity contribution is 5.95. The number of carbonyl (C=O) groups excluding carboxylic acids is 1. The van der Waals surface area contributed by atoms with Crippen LogP contribution < -0.4 is 11.3 Å². The van der Waals surface area contributed by atoms with Crippen molar-refractivity contribution in [1.29, 1.82) is 0 Å². The van der Waals surface area contributed by atoms with Crippen molar-refractivity contribution in [2.24, 2.45) is 5.73 Å². The average molecular weight is 263 g/mol. The largest absolute Gasteiger partial charge is 0.334 e. The minimum Gasteiger partial charge on any atom is -0.334 e. The van der Waals surface area contributed by atoms with Crippen LogP contribution in [0.25, 0.3) is 0 Å². The van der Waals surface area contributed by atoms with Crippen LogP contribution in [0.4, 0.5) is 0 Å². The van der Waals surface area contributed by atoms with E-state index < -0.39 is 0 Å². The van der Waals surface area contributed by atoms with E-state index in [1.165, 1.54) is 12.3 Å². The number of likely N-dealkylation sites (tertiary alicyclic amines) is 1. The number of H-pyrrole nitrogens is 1. The van der Waals surface area contributed by atoms with E-state index in [0.29, 0.717) is 11.1 Å². The minimum absolute atomic E-state index is 0.0317. The van der Waals surface area contributed by atoms with E-state index in [0.717, 1.165) is 25.8 Å². The summed E-state index contributed by atoms with van der Waals surface area (Å²) >= 11 is 0. The predicted octanol–water partition coefficient (Wildman–Crippen LogP) is 1.03. The molecule has 0 saturated carbocycles. The van der Waals surface area contributed by atoms with Crippen molar-refractivity contribution in [2.45, 2.75) is 45.2 Å². The summed E-state index contributed by atoms with van der Waals surface area (Å²) in [5.41, 5.74) is 7.07. The van der Waals surface area contributed by atoms with Crippen molar-refractivity contribution in [3.8, 4) is 0 Å². The third kappa shape index (κ3) is 2.87. The summed E-state index contributed by atoms with van der Waals surface area (Å²) in [6.07, 6.45) is 4.58. The van der Waals surface area contributed by atoms with Crippen molar-refractivity contribution >= 4 is 5.91 Å². The highest BCUT2D eigenvalue weighted by Gasteiger charge is 2.30. The monoisotopic (exact) mass is 263 g/mol. The number of aromatic amines is 1. The molecule has 19 heavy (non-hydrogen) atoms. The van der Waals surface area contributed by atoms with Crippen LogP contribution in [0.1, 0.15) is 42.1 Å². The van der Waals surface area contributed by atoms with Gasteiger partial charge in [0, 0.05) is 30.9 Å². The quantitative estimate of drug-likeness (QED) is 0.836. The zero-order valence-electron chi connectivity index (χ0n) is 11.5. The highest BCUT2D eigenvalue weighted by Crippen LogP contribution is 2.21. The second kappa shape index (κ2) is 5.57. The molecule has 1 fully saturated rings. The van der Waals surface area contributed by atoms with Gasteiger partial charge in [-0.2, -0.15) is 0 Å². The third-order valence-electron chi connectivity index (χ3n) is 3.78. The van der Waals surface area contributed by atoms with Gasteiger partial charge in [0.25, 0.3) is 5.91 Å². The van der Waals surface area contributed by atoms with E-state index in [9.17, 15) is 9.59 Å². The maximum absolute atomic E-state index is 12.6. The lowest BCUT2D eigenvalue weighted by Crippen LogP contribution is -2.51. The van der Waals surface area contributed by atoms with Crippen LogP contribution in [0.3, 0.4) is 0 Å². The number of amides is 1. The van der Waals surface area contributed by atoms with Gasteiger partial charge < -0.3 is 15.6 Å². The molecule has 1 aliphatic heterocycles. The standard InChI is InChI=1S/C14H21N3O2/c1-9-7-13(18)16-8-11(9)14(19)17-6-4-3-5-12(17)10(2)15/h7-8,10,12H,3-6,15H2,1-2H3,(H,16,18). The first-order valence-corrected chi connectivity index (χ1v) is 6.76. The molecule has 1 aromatic heterocycles. The number of aryl methyl sites for hydroxylation is 1. The molecule has 1 aliphatic rings. The van der Waals surface area contributed by atoms with Gasteiger partial charge in [-0.15, -0.1) is 0 Å². The first-order chi connectivity index (χ1) is 9.00. The summed E-state index contributed by atoms with van der Waals surface area (Å²) in [7, 11) is 0. The van der Waals surface area contributed by atoms with Crippen LogP contribution in [-0.2, 0) is 0 Å². The Labute approximate surface area is 112 Å². The Morgan fingerprint density at radius 2 is 2.26 bits per heavy atom. The molecule has 104 valence electrons. The Morgan fingerprint density at radius 3 is 2.89 bits per heavy atom. The van der Waals surface area contributed by atoms with Gasteiger partial charge in [-0.1, -0.05) is 0 Å². The van der Waals surface area contributed by atoms with E-state index in [-0.39, 0.29) is 23.6 Å². The fraction of sp³-hybridized carbons (Fsp3) is 0.571. The number of nitrogens with two attached hydrogens (primary N) is 1. The lowest BCUT2D eigenvalue weighted by molar-refractivity contribution is 0.0582. The van der Waals surface area contributed by atoms with Crippen LogP contribution in [-0.4, -0.2) is 34.4 Å². The lowest BCUT2D eigenvalue weighted by atomic mass is 9.95. The Hall–Kier alpha value is -1.62. The van der Waals surface area contributed by atoms with Gasteiger partial charge in [-0.05, 0) is 38.7 Å². The Balaban J connectivity index is 2.28. The van der Waals surface area contributed by atoms with Gasteiger partial charge in [0.05, 0.1) is 5.56 Å². The molecule has 0 aromatic carbocycles. The van der Waals surface area contributed by atoms with Crippen molar-refractivity contribution in [3.05, 3.63) is 33.7 Å². The van der Waals surface area contributed by atoms with Gasteiger partial charge in [0.15, 0.2) is 0 Å². The molecular weight excluding hydrogens is 242 g/mol. The normalized spacial score (nSPS) is 21.2. The van der Waals surface area contributed by atoms with Crippen LogP contribution in [0.5, 0.6) is 0 Å². The van der Waals surface area contributed by atoms with Crippen LogP contribution in [0, 0.1) is 6.92 Å². The molecule has 0 spiro atoms. The second-order valence-electron chi connectivity index (χ2n) is 5.31. The number of rotatable bonds is 2. The van der Waals surface area contributed by atoms with Gasteiger partial charge in [-0.25, -0.2) is 0 Å². The molecule has 2 atom stereocenters. The van der Waals surface area contributed by atoms with Crippen LogP contribution in [0.15, 0.2) is 17.1 Å². The molecule has 0 bridgehead atoms. The van der Waals surface area contributed by atoms with Crippen molar-refractivity contribution in [1.82, 2.24) is 9.88 Å². The van der Waals surface area contributed by atoms with Crippen LogP contribution >= 0.6 is 0 Å². The van der Waals surface area contributed by atoms with Crippen molar-refractivity contribution in [2.75, 3.05) is 6.54 Å². The van der Waals surface area contributed by atoms with Gasteiger partial charge in [-0.3, -0.25) is 9.59 Å². The first kappa shape index (κ1) is 13.8. The van der Waals surface area contributed by atoms with E-state index in [4.69, 9.17) is 5.73 Å². The molecule has 0 radical (unpaired) electrons. The Bertz CT molecular complexity index is 522. The number of nitrogens with one attached hydrogen (secondary N) is 1. The topological polar surface area (TPSA) is 79.2 Å². The molecule has 1 aromatic rings. The maximum atomic E-state index is 12.6. The van der Waals surface area contributed by atoms with Gasteiger partial charge in [0.1, 0.15) is 0 Å². The fourth-order valence-electron chi connectivity index (χ4n) is 2.71. The van der Waals surface area contributed by atoms with E-state index in [2.05, 4.69) is 4.98 Å². The highest BCUT2D eigenvalue weighted by atomic mass is 16.2. The van der Waals surface area contributed by atoms with Gasteiger partial charge in [0.2, 0.25) is 5.56 Å². The van der Waals surface area contributed by atoms with Crippen LogP contribution in [0.2, 0.25) is 0 Å². The fourth-order valence-corrected chi connectivity index (χ4v) is 2.71. The number of nitrogens with zero attached hydrogens (tertiary/aromatic N) is 1. The SMILES string of the molecule is Cc1cc(=O)[nH]cc1C(=O)N1CCCCC1C(C)N. The zero-order chi connectivity index (χ0) is 14.0. The number of piperidine rings is 1. The molecule has 2 heterocycles. The van der Waals surface area contributed by atoms with Crippen molar-refractivity contribution < 1.29 is 4.79 Å². The maximum Gasteiger partial charge on any atom is 0.255 e. The summed E-state index contributed by atoms with van der Waals surface area (Å²) in [6.45, 7) is 4.47. The molecule has 1 saturated heterocycles. The number of aromatic nitrogens is 1. The van der Waals surface area contributed by atoms with E-state index >= 15 is 0 Å². The first-order valence-electron chi connectivity index (χ1n) is 6.76. The third-order valence-corrected chi connectivity index (χ3v) is 3.78. The average Bonchev–Trinajstić information content (AvgIpc) is 2.38. The zero-order valence-corrected chi connectivity index (χ0v) is 11.5. The molecule has 2 rings (SSSR count). The molecule has 2 unspecified atom stereocenters. The molecule has 0 aliphatic carbocycles. The molecule has 5 heteroatoms. The number of pyridine rings is 1. The number of hydrogen-bond acceptors (Lipinski definition) is 3. The van der Waals surface area contributed by atoms with E-state index in [1.807, 2.05) is 11.8 Å². The molecular formula is C14H21N3O2. The predicted molar refractivity (Wildman–Crippen MR) is 74.1 cm³/mol. The summed E-state index contributed by atoms with van der Waals surface area (Å²) in [6, 6.07) is 1.51. The summed E-state index contributed by atoms with van der Waals surface area (Å²) < 4.78 is 0.